The van der Waals surface area contributed by atoms with E-state index in [0.29, 0.717) is 50.3 Å². The Morgan fingerprint density at radius 1 is 1.12 bits per heavy atom. The second-order valence-electron chi connectivity index (χ2n) is 14.9. The summed E-state index contributed by atoms with van der Waals surface area (Å²) in [6.45, 7) is 22.7. The molecule has 13 heteroatoms. The normalized spacial score (nSPS) is 28.5. The summed E-state index contributed by atoms with van der Waals surface area (Å²) in [6.07, 6.45) is 3.75. The van der Waals surface area contributed by atoms with Gasteiger partial charge in [0.25, 0.3) is 11.6 Å². The van der Waals surface area contributed by atoms with E-state index in [1.807, 2.05) is 52.8 Å². The van der Waals surface area contributed by atoms with Crippen LogP contribution in [0, 0.1) is 32.3 Å². The van der Waals surface area contributed by atoms with Gasteiger partial charge in [0.1, 0.15) is 23.2 Å². The first-order valence-electron chi connectivity index (χ1n) is 18.7. The van der Waals surface area contributed by atoms with Crippen LogP contribution >= 0.6 is 0 Å². The number of aromatic nitrogens is 3. The standard InChI is InChI=1S/C39H52N6O7/c1-10-39(52-27-17-16-22(4)20-25(27)7)36(47)42-38(39)19-18-28(49-9)26(21-38)32-41-33-29(35(46)50-31-23(5)14-13-15-24(31)6)30(40-8)34(45(33)43-32)51-37(48)44(11-2)12-3/h16-17,20,23-24,26,28,31H,10-15,18-19,21H2,1-7,9H3,(H,41,43)(H,42,47). The molecule has 0 radical (unpaired) electrons. The molecule has 3 aromatic rings. The topological polar surface area (TPSA) is 141 Å². The summed E-state index contributed by atoms with van der Waals surface area (Å²) in [6, 6.07) is 5.94. The molecule has 2 N–H and O–H groups in total. The van der Waals surface area contributed by atoms with Crippen LogP contribution in [0.15, 0.2) is 18.2 Å². The quantitative estimate of drug-likeness (QED) is 0.130. The molecule has 2 amide bonds. The number of fused-ring (bicyclic) bond motifs is 1. The van der Waals surface area contributed by atoms with Crippen molar-refractivity contribution in [3.8, 4) is 11.6 Å². The molecule has 13 nitrogen and oxygen atoms in total. The molecule has 6 rings (SSSR count). The van der Waals surface area contributed by atoms with Gasteiger partial charge in [0.05, 0.1) is 18.2 Å². The number of aryl methyl sites for hydroxylation is 2. The van der Waals surface area contributed by atoms with Gasteiger partial charge in [-0.25, -0.2) is 23.9 Å². The van der Waals surface area contributed by atoms with Crippen LogP contribution in [0.4, 0.5) is 10.5 Å². The van der Waals surface area contributed by atoms with Gasteiger partial charge in [-0.3, -0.25) is 9.89 Å². The van der Waals surface area contributed by atoms with Gasteiger partial charge >= 0.3 is 12.1 Å². The number of hydrogen-bond acceptors (Lipinski definition) is 8. The van der Waals surface area contributed by atoms with E-state index in [-0.39, 0.29) is 52.7 Å². The van der Waals surface area contributed by atoms with E-state index in [0.717, 1.165) is 30.4 Å². The SMILES string of the molecule is [C-]#[N+]c1c(C(=O)OC2C(C)CCCC2C)c2nc(C3CC4(CCC3OC)NC(=O)C4(CC)Oc3ccc(C)cc3C)[nH]n2c1OC(=O)N(CC)CC. The number of carbonyl (C=O) groups excluding carboxylic acids is 3. The van der Waals surface area contributed by atoms with Crippen LogP contribution in [-0.4, -0.2) is 81.0 Å². The van der Waals surface area contributed by atoms with Gasteiger partial charge in [0, 0.05) is 26.1 Å². The van der Waals surface area contributed by atoms with E-state index < -0.39 is 29.1 Å². The van der Waals surface area contributed by atoms with Crippen LogP contribution in [0.25, 0.3) is 10.5 Å². The number of esters is 1. The smallest absolute Gasteiger partial charge is 0.415 e. The number of H-pyrrole nitrogens is 1. The third-order valence-corrected chi connectivity index (χ3v) is 11.9. The molecule has 6 unspecified atom stereocenters. The average molecular weight is 717 g/mol. The van der Waals surface area contributed by atoms with Gasteiger partial charge in [-0.1, -0.05) is 44.9 Å². The third-order valence-electron chi connectivity index (χ3n) is 11.9. The fourth-order valence-corrected chi connectivity index (χ4v) is 8.86. The summed E-state index contributed by atoms with van der Waals surface area (Å²) < 4.78 is 26.2. The van der Waals surface area contributed by atoms with Crippen molar-refractivity contribution in [1.82, 2.24) is 24.8 Å². The van der Waals surface area contributed by atoms with Crippen molar-refractivity contribution < 1.29 is 33.3 Å². The molecule has 3 aliphatic rings. The van der Waals surface area contributed by atoms with Crippen molar-refractivity contribution in [3.05, 3.63) is 52.1 Å². The molecule has 2 aromatic heterocycles. The highest BCUT2D eigenvalue weighted by Gasteiger charge is 2.69. The van der Waals surface area contributed by atoms with E-state index in [2.05, 4.69) is 29.1 Å². The van der Waals surface area contributed by atoms with Gasteiger partial charge in [-0.05, 0) is 89.7 Å². The minimum Gasteiger partial charge on any atom is -0.475 e. The van der Waals surface area contributed by atoms with Crippen molar-refractivity contribution >= 4 is 29.3 Å². The summed E-state index contributed by atoms with van der Waals surface area (Å²) in [5.74, 6) is 0.0619. The fourth-order valence-electron chi connectivity index (χ4n) is 8.86. The van der Waals surface area contributed by atoms with E-state index in [1.54, 1.807) is 7.11 Å². The van der Waals surface area contributed by atoms with Crippen molar-refractivity contribution in [2.24, 2.45) is 11.8 Å². The molecule has 6 atom stereocenters. The molecule has 1 aliphatic heterocycles. The molecule has 280 valence electrons. The number of nitrogens with one attached hydrogen (secondary N) is 2. The maximum Gasteiger partial charge on any atom is 0.415 e. The first-order chi connectivity index (χ1) is 24.9. The monoisotopic (exact) mass is 716 g/mol. The van der Waals surface area contributed by atoms with Gasteiger partial charge in [-0.15, -0.1) is 0 Å². The van der Waals surface area contributed by atoms with Crippen molar-refractivity contribution in [1.29, 1.82) is 0 Å². The van der Waals surface area contributed by atoms with E-state index in [4.69, 9.17) is 30.5 Å². The molecule has 3 heterocycles. The van der Waals surface area contributed by atoms with Crippen LogP contribution in [0.5, 0.6) is 11.6 Å². The lowest BCUT2D eigenvalue weighted by Crippen LogP contribution is -2.84. The zero-order valence-electron chi connectivity index (χ0n) is 31.6. The molecular weight excluding hydrogens is 664 g/mol. The summed E-state index contributed by atoms with van der Waals surface area (Å²) in [5, 5.41) is 6.51. The highest BCUT2D eigenvalue weighted by Crippen LogP contribution is 2.52. The van der Waals surface area contributed by atoms with E-state index >= 15 is 0 Å². The maximum atomic E-state index is 14.1. The Bertz CT molecular complexity index is 1880. The Hall–Kier alpha value is -4.57. The fraction of sp³-hybridized carbons (Fsp3) is 0.615. The summed E-state index contributed by atoms with van der Waals surface area (Å²) >= 11 is 0. The van der Waals surface area contributed by atoms with Crippen LogP contribution in [-0.2, 0) is 14.3 Å². The Morgan fingerprint density at radius 3 is 2.42 bits per heavy atom. The van der Waals surface area contributed by atoms with Crippen LogP contribution < -0.4 is 14.8 Å². The Labute approximate surface area is 305 Å². The average Bonchev–Trinajstić information content (AvgIpc) is 3.67. The van der Waals surface area contributed by atoms with E-state index in [9.17, 15) is 14.4 Å². The predicted molar refractivity (Wildman–Crippen MR) is 194 cm³/mol. The number of rotatable bonds is 10. The summed E-state index contributed by atoms with van der Waals surface area (Å²) in [7, 11) is 1.65. The lowest BCUT2D eigenvalue weighted by Gasteiger charge is -2.60. The molecule has 2 saturated carbocycles. The summed E-state index contributed by atoms with van der Waals surface area (Å²) in [4.78, 5) is 51.1. The molecule has 1 saturated heterocycles. The second kappa shape index (κ2) is 14.5. The Morgan fingerprint density at radius 2 is 1.83 bits per heavy atom. The molecule has 0 bridgehead atoms. The van der Waals surface area contributed by atoms with Crippen LogP contribution in [0.1, 0.15) is 113 Å². The van der Waals surface area contributed by atoms with Gasteiger partial charge < -0.3 is 29.2 Å². The van der Waals surface area contributed by atoms with Gasteiger partial charge in [0.15, 0.2) is 5.65 Å². The lowest BCUT2D eigenvalue weighted by atomic mass is 9.59. The zero-order chi connectivity index (χ0) is 37.5. The maximum absolute atomic E-state index is 14.1. The number of amides is 2. The highest BCUT2D eigenvalue weighted by atomic mass is 16.6. The Kier molecular flexibility index (Phi) is 10.3. The zero-order valence-corrected chi connectivity index (χ0v) is 31.6. The van der Waals surface area contributed by atoms with Crippen LogP contribution in [0.3, 0.4) is 0 Å². The van der Waals surface area contributed by atoms with Gasteiger partial charge in [0.2, 0.25) is 11.5 Å². The molecule has 3 fully saturated rings. The first-order valence-corrected chi connectivity index (χ1v) is 18.7. The highest BCUT2D eigenvalue weighted by molar-refractivity contribution is 6.05. The molecule has 1 aromatic carbocycles. The minimum atomic E-state index is -1.12. The second-order valence-corrected chi connectivity index (χ2v) is 14.9. The number of aromatic amines is 1. The minimum absolute atomic E-state index is 0.0534. The number of hydrogen-bond donors (Lipinski definition) is 2. The molecule has 52 heavy (non-hydrogen) atoms. The van der Waals surface area contributed by atoms with Gasteiger partial charge in [-0.2, -0.15) is 0 Å². The predicted octanol–water partition coefficient (Wildman–Crippen LogP) is 7.03. The lowest BCUT2D eigenvalue weighted by molar-refractivity contribution is -0.180. The van der Waals surface area contributed by atoms with Crippen LogP contribution in [0.2, 0.25) is 0 Å². The van der Waals surface area contributed by atoms with Crippen molar-refractivity contribution in [2.45, 2.75) is 123 Å². The number of β-lactam (4-membered cyclic amide) rings is 1. The molecular formula is C39H52N6O7. The molecule has 1 spiro atoms. The van der Waals surface area contributed by atoms with E-state index in [1.165, 1.54) is 9.42 Å². The number of carbonyl (C=O) groups is 3. The largest absolute Gasteiger partial charge is 0.475 e. The Balaban J connectivity index is 1.43. The number of methoxy groups -OCH3 is 1. The first kappa shape index (κ1) is 37.2. The number of nitrogens with zero attached hydrogens (tertiary/aromatic N) is 4. The van der Waals surface area contributed by atoms with Crippen molar-refractivity contribution in [2.75, 3.05) is 20.2 Å². The van der Waals surface area contributed by atoms with Crippen molar-refractivity contribution in [3.63, 3.8) is 0 Å². The number of benzene rings is 1. The summed E-state index contributed by atoms with van der Waals surface area (Å²) in [5.41, 5.74) is 0.132. The molecule has 2 aliphatic carbocycles. The number of ether oxygens (including phenoxy) is 4. The third kappa shape index (κ3) is 6.08.